The summed E-state index contributed by atoms with van der Waals surface area (Å²) in [4.78, 5) is 36.4. The highest BCUT2D eigenvalue weighted by Crippen LogP contribution is 2.22. The van der Waals surface area contributed by atoms with Gasteiger partial charge in [-0.15, -0.1) is 0 Å². The predicted molar refractivity (Wildman–Crippen MR) is 115 cm³/mol. The van der Waals surface area contributed by atoms with E-state index in [-0.39, 0.29) is 41.6 Å². The van der Waals surface area contributed by atoms with Gasteiger partial charge in [0.2, 0.25) is 0 Å². The van der Waals surface area contributed by atoms with E-state index in [2.05, 4.69) is 16.0 Å². The number of hydrogen-bond acceptors (Lipinski definition) is 5. The van der Waals surface area contributed by atoms with Crippen LogP contribution < -0.4 is 16.0 Å². The van der Waals surface area contributed by atoms with E-state index in [4.69, 9.17) is 0 Å². The minimum atomic E-state index is -0.908. The van der Waals surface area contributed by atoms with Gasteiger partial charge in [-0.05, 0) is 48.5 Å². The van der Waals surface area contributed by atoms with E-state index in [0.717, 1.165) is 18.2 Å². The molecule has 0 spiro atoms. The molecule has 0 saturated carbocycles. The van der Waals surface area contributed by atoms with E-state index in [1.165, 1.54) is 36.4 Å². The maximum Gasteiger partial charge on any atom is 0.255 e. The summed E-state index contributed by atoms with van der Waals surface area (Å²) in [5.41, 5.74) is 0.132. The van der Waals surface area contributed by atoms with Gasteiger partial charge in [0.05, 0.1) is 5.56 Å². The Morgan fingerprint density at radius 1 is 0.697 bits per heavy atom. The van der Waals surface area contributed by atoms with Crippen molar-refractivity contribution in [3.63, 3.8) is 0 Å². The first-order valence-electron chi connectivity index (χ1n) is 9.69. The molecular weight excluding hydrogens is 436 g/mol. The van der Waals surface area contributed by atoms with Gasteiger partial charge in [0, 0.05) is 42.0 Å². The number of rotatable bonds is 7. The Morgan fingerprint density at radius 2 is 1.30 bits per heavy atom. The molecule has 0 radical (unpaired) electrons. The van der Waals surface area contributed by atoms with E-state index in [0.29, 0.717) is 11.6 Å². The molecule has 10 heteroatoms. The Balaban J connectivity index is 1.52. The number of carbonyl (C=O) groups excluding carboxylic acids is 3. The van der Waals surface area contributed by atoms with Gasteiger partial charge in [-0.25, -0.2) is 8.78 Å². The molecule has 3 rings (SSSR count). The SMILES string of the molecule is O=C(NCCNC(=O)c1ccc(NC(=O)c2cc(F)cc(F)c2)cc1O)c1ccc(O)cc1. The zero-order chi connectivity index (χ0) is 24.0. The number of benzene rings is 3. The second-order valence-electron chi connectivity index (χ2n) is 6.90. The topological polar surface area (TPSA) is 128 Å². The molecule has 5 N–H and O–H groups in total. The van der Waals surface area contributed by atoms with Gasteiger partial charge in [-0.1, -0.05) is 0 Å². The molecule has 0 aromatic heterocycles. The Bertz CT molecular complexity index is 1180. The van der Waals surface area contributed by atoms with Crippen LogP contribution in [0.5, 0.6) is 11.5 Å². The van der Waals surface area contributed by atoms with Gasteiger partial charge in [0.1, 0.15) is 23.1 Å². The van der Waals surface area contributed by atoms with E-state index >= 15 is 0 Å². The smallest absolute Gasteiger partial charge is 0.255 e. The molecule has 3 aromatic rings. The average Bonchev–Trinajstić information content (AvgIpc) is 2.76. The molecule has 0 fully saturated rings. The lowest BCUT2D eigenvalue weighted by atomic mass is 10.1. The van der Waals surface area contributed by atoms with Crippen LogP contribution in [0.3, 0.4) is 0 Å². The third-order valence-electron chi connectivity index (χ3n) is 4.45. The molecule has 33 heavy (non-hydrogen) atoms. The lowest BCUT2D eigenvalue weighted by Crippen LogP contribution is -2.34. The summed E-state index contributed by atoms with van der Waals surface area (Å²) in [6, 6.07) is 11.7. The highest BCUT2D eigenvalue weighted by atomic mass is 19.1. The molecule has 8 nitrogen and oxygen atoms in total. The molecule has 3 amide bonds. The molecule has 0 aliphatic rings. The normalized spacial score (nSPS) is 10.4. The van der Waals surface area contributed by atoms with Crippen LogP contribution in [0.4, 0.5) is 14.5 Å². The Hall–Kier alpha value is -4.47. The largest absolute Gasteiger partial charge is 0.508 e. The average molecular weight is 455 g/mol. The minimum Gasteiger partial charge on any atom is -0.508 e. The summed E-state index contributed by atoms with van der Waals surface area (Å²) in [5, 5.41) is 26.9. The summed E-state index contributed by atoms with van der Waals surface area (Å²) in [7, 11) is 0. The van der Waals surface area contributed by atoms with Crippen LogP contribution in [0.15, 0.2) is 60.7 Å². The zero-order valence-corrected chi connectivity index (χ0v) is 17.1. The van der Waals surface area contributed by atoms with Crippen molar-refractivity contribution in [2.45, 2.75) is 0 Å². The van der Waals surface area contributed by atoms with Gasteiger partial charge in [0.15, 0.2) is 0 Å². The van der Waals surface area contributed by atoms with Crippen molar-refractivity contribution in [3.8, 4) is 11.5 Å². The second-order valence-corrected chi connectivity index (χ2v) is 6.90. The van der Waals surface area contributed by atoms with Crippen LogP contribution in [0.1, 0.15) is 31.1 Å². The van der Waals surface area contributed by atoms with Crippen LogP contribution in [-0.4, -0.2) is 41.0 Å². The first-order valence-corrected chi connectivity index (χ1v) is 9.69. The Morgan fingerprint density at radius 3 is 1.91 bits per heavy atom. The molecule has 0 aliphatic heterocycles. The number of aromatic hydroxyl groups is 2. The Labute approximate surface area is 186 Å². The maximum absolute atomic E-state index is 13.3. The number of amides is 3. The predicted octanol–water partition coefficient (Wildman–Crippen LogP) is 2.79. The summed E-state index contributed by atoms with van der Waals surface area (Å²) in [6.07, 6.45) is 0. The number of halogens is 2. The lowest BCUT2D eigenvalue weighted by Gasteiger charge is -2.10. The van der Waals surface area contributed by atoms with Crippen molar-refractivity contribution in [2.75, 3.05) is 18.4 Å². The lowest BCUT2D eigenvalue weighted by molar-refractivity contribution is 0.0926. The van der Waals surface area contributed by atoms with Gasteiger partial charge in [-0.3, -0.25) is 14.4 Å². The van der Waals surface area contributed by atoms with Crippen LogP contribution in [0.25, 0.3) is 0 Å². The van der Waals surface area contributed by atoms with Crippen molar-refractivity contribution >= 4 is 23.4 Å². The summed E-state index contributed by atoms with van der Waals surface area (Å²) in [5.74, 6) is -4.00. The van der Waals surface area contributed by atoms with Crippen LogP contribution in [0, 0.1) is 11.6 Å². The number of phenolic OH excluding ortho intramolecular Hbond substituents is 2. The minimum absolute atomic E-state index is 0.0343. The van der Waals surface area contributed by atoms with Crippen molar-refractivity contribution < 1.29 is 33.4 Å². The highest BCUT2D eigenvalue weighted by molar-refractivity contribution is 6.05. The van der Waals surface area contributed by atoms with Crippen molar-refractivity contribution in [3.05, 3.63) is 89.0 Å². The number of hydrogen-bond donors (Lipinski definition) is 5. The molecule has 0 unspecified atom stereocenters. The monoisotopic (exact) mass is 455 g/mol. The van der Waals surface area contributed by atoms with E-state index in [1.54, 1.807) is 0 Å². The fraction of sp³-hybridized carbons (Fsp3) is 0.0870. The van der Waals surface area contributed by atoms with Crippen LogP contribution in [0.2, 0.25) is 0 Å². The number of carbonyl (C=O) groups is 3. The van der Waals surface area contributed by atoms with Crippen LogP contribution >= 0.6 is 0 Å². The number of nitrogens with one attached hydrogen (secondary N) is 3. The van der Waals surface area contributed by atoms with Crippen molar-refractivity contribution in [1.82, 2.24) is 10.6 Å². The molecule has 0 aliphatic carbocycles. The first-order chi connectivity index (χ1) is 15.7. The zero-order valence-electron chi connectivity index (χ0n) is 17.1. The molecule has 0 atom stereocenters. The molecule has 3 aromatic carbocycles. The summed E-state index contributed by atoms with van der Waals surface area (Å²) >= 11 is 0. The van der Waals surface area contributed by atoms with Gasteiger partial charge < -0.3 is 26.2 Å². The maximum atomic E-state index is 13.3. The van der Waals surface area contributed by atoms with E-state index < -0.39 is 29.2 Å². The van der Waals surface area contributed by atoms with E-state index in [1.807, 2.05) is 0 Å². The molecule has 0 heterocycles. The van der Waals surface area contributed by atoms with Crippen LogP contribution in [-0.2, 0) is 0 Å². The van der Waals surface area contributed by atoms with E-state index in [9.17, 15) is 33.4 Å². The van der Waals surface area contributed by atoms with Gasteiger partial charge >= 0.3 is 0 Å². The third kappa shape index (κ3) is 6.26. The van der Waals surface area contributed by atoms with Gasteiger partial charge in [-0.2, -0.15) is 0 Å². The summed E-state index contributed by atoms with van der Waals surface area (Å²) in [6.45, 7) is 0.191. The fourth-order valence-corrected chi connectivity index (χ4v) is 2.85. The standard InChI is InChI=1S/C23H19F2N3O5/c24-15-9-14(10-16(25)11-15)22(32)28-17-3-6-19(20(30)12-17)23(33)27-8-7-26-21(31)13-1-4-18(29)5-2-13/h1-6,9-12,29-30H,7-8H2,(H,26,31)(H,27,33)(H,28,32). The van der Waals surface area contributed by atoms with Gasteiger partial charge in [0.25, 0.3) is 17.7 Å². The number of anilines is 1. The third-order valence-corrected chi connectivity index (χ3v) is 4.45. The van der Waals surface area contributed by atoms with Crippen molar-refractivity contribution in [1.29, 1.82) is 0 Å². The Kier molecular flexibility index (Phi) is 7.19. The molecule has 0 saturated heterocycles. The molecular formula is C23H19F2N3O5. The second kappa shape index (κ2) is 10.2. The molecule has 170 valence electrons. The summed E-state index contributed by atoms with van der Waals surface area (Å²) < 4.78 is 26.5. The highest BCUT2D eigenvalue weighted by Gasteiger charge is 2.14. The van der Waals surface area contributed by atoms with Crippen molar-refractivity contribution in [2.24, 2.45) is 0 Å². The fourth-order valence-electron chi connectivity index (χ4n) is 2.85. The molecule has 0 bridgehead atoms. The first kappa shape index (κ1) is 23.2. The number of phenols is 2. The quantitative estimate of drug-likeness (QED) is 0.350.